The Hall–Kier alpha value is -3.28. The van der Waals surface area contributed by atoms with Gasteiger partial charge in [0.15, 0.2) is 0 Å². The highest BCUT2D eigenvalue weighted by Crippen LogP contribution is 2.16. The first kappa shape index (κ1) is 21.0. The summed E-state index contributed by atoms with van der Waals surface area (Å²) in [5.41, 5.74) is 2.84. The molecular formula is C22H27N3O3. The molecule has 0 aliphatic heterocycles. The molecule has 0 heterocycles. The minimum atomic E-state index is -0.205. The van der Waals surface area contributed by atoms with Gasteiger partial charge in [0.25, 0.3) is 5.91 Å². The van der Waals surface area contributed by atoms with Gasteiger partial charge < -0.3 is 20.7 Å². The number of anilines is 2. The van der Waals surface area contributed by atoms with Gasteiger partial charge in [-0.25, -0.2) is 0 Å². The van der Waals surface area contributed by atoms with E-state index in [4.69, 9.17) is 4.74 Å². The third-order valence-electron chi connectivity index (χ3n) is 3.62. The number of carbonyl (C=O) groups excluding carboxylic acids is 2. The molecule has 2 aromatic carbocycles. The second-order valence-corrected chi connectivity index (χ2v) is 6.88. The Morgan fingerprint density at radius 1 is 1.07 bits per heavy atom. The van der Waals surface area contributed by atoms with Gasteiger partial charge in [-0.3, -0.25) is 9.59 Å². The van der Waals surface area contributed by atoms with Crippen LogP contribution in [0.5, 0.6) is 5.75 Å². The normalized spacial score (nSPS) is 10.3. The molecule has 0 saturated carbocycles. The fourth-order valence-electron chi connectivity index (χ4n) is 2.35. The van der Waals surface area contributed by atoms with Crippen LogP contribution in [0.2, 0.25) is 0 Å². The molecule has 0 spiro atoms. The first-order valence-electron chi connectivity index (χ1n) is 9.15. The summed E-state index contributed by atoms with van der Waals surface area (Å²) in [4.78, 5) is 24.2. The van der Waals surface area contributed by atoms with Gasteiger partial charge in [-0.2, -0.15) is 0 Å². The first-order chi connectivity index (χ1) is 13.3. The smallest absolute Gasteiger partial charge is 0.251 e. The second kappa shape index (κ2) is 10.2. The number of ether oxygens (including phenoxy) is 1. The van der Waals surface area contributed by atoms with Crippen molar-refractivity contribution in [3.05, 3.63) is 66.2 Å². The van der Waals surface area contributed by atoms with Crippen molar-refractivity contribution < 1.29 is 14.3 Å². The molecular weight excluding hydrogens is 354 g/mol. The number of nitrogens with one attached hydrogen (secondary N) is 3. The molecule has 6 nitrogen and oxygen atoms in total. The Labute approximate surface area is 166 Å². The minimum absolute atomic E-state index is 0.0486. The van der Waals surface area contributed by atoms with Gasteiger partial charge in [-0.15, -0.1) is 0 Å². The van der Waals surface area contributed by atoms with Crippen molar-refractivity contribution in [1.82, 2.24) is 5.32 Å². The lowest BCUT2D eigenvalue weighted by atomic mass is 10.1. The lowest BCUT2D eigenvalue weighted by Gasteiger charge is -2.11. The predicted octanol–water partition coefficient (Wildman–Crippen LogP) is 3.83. The summed E-state index contributed by atoms with van der Waals surface area (Å²) in [6.07, 6.45) is 0. The van der Waals surface area contributed by atoms with E-state index in [2.05, 4.69) is 22.5 Å². The summed E-state index contributed by atoms with van der Waals surface area (Å²) in [7, 11) is 0. The molecule has 0 aliphatic carbocycles. The van der Waals surface area contributed by atoms with Crippen LogP contribution in [-0.4, -0.2) is 31.0 Å². The molecule has 0 radical (unpaired) electrons. The fourth-order valence-corrected chi connectivity index (χ4v) is 2.35. The standard InChI is InChI=1S/C22H27N3O3/c1-15(2)14-28-20-10-8-18(9-11-20)23-13-21(26)25-19-7-5-6-17(12-19)22(27)24-16(3)4/h5-12,16,23H,1,13-14H2,2-4H3,(H,24,27)(H,25,26). The summed E-state index contributed by atoms with van der Waals surface area (Å²) < 4.78 is 5.54. The highest BCUT2D eigenvalue weighted by molar-refractivity contribution is 5.98. The zero-order chi connectivity index (χ0) is 20.5. The van der Waals surface area contributed by atoms with Crippen LogP contribution in [0, 0.1) is 0 Å². The van der Waals surface area contributed by atoms with Crippen molar-refractivity contribution >= 4 is 23.2 Å². The molecule has 0 atom stereocenters. The second-order valence-electron chi connectivity index (χ2n) is 6.88. The van der Waals surface area contributed by atoms with E-state index in [9.17, 15) is 9.59 Å². The lowest BCUT2D eigenvalue weighted by molar-refractivity contribution is -0.114. The van der Waals surface area contributed by atoms with E-state index in [1.54, 1.807) is 24.3 Å². The van der Waals surface area contributed by atoms with Crippen LogP contribution in [0.15, 0.2) is 60.7 Å². The van der Waals surface area contributed by atoms with Crippen LogP contribution < -0.4 is 20.7 Å². The van der Waals surface area contributed by atoms with Crippen molar-refractivity contribution in [1.29, 1.82) is 0 Å². The Bertz CT molecular complexity index is 829. The van der Waals surface area contributed by atoms with Gasteiger partial charge in [0, 0.05) is 23.0 Å². The van der Waals surface area contributed by atoms with Gasteiger partial charge >= 0.3 is 0 Å². The van der Waals surface area contributed by atoms with Crippen LogP contribution in [0.25, 0.3) is 0 Å². The van der Waals surface area contributed by atoms with E-state index in [1.165, 1.54) is 0 Å². The molecule has 0 aliphatic rings. The first-order valence-corrected chi connectivity index (χ1v) is 9.15. The van der Waals surface area contributed by atoms with Crippen LogP contribution >= 0.6 is 0 Å². The highest BCUT2D eigenvalue weighted by Gasteiger charge is 2.09. The zero-order valence-electron chi connectivity index (χ0n) is 16.5. The van der Waals surface area contributed by atoms with Crippen molar-refractivity contribution in [3.8, 4) is 5.75 Å². The molecule has 0 bridgehead atoms. The predicted molar refractivity (Wildman–Crippen MR) is 113 cm³/mol. The summed E-state index contributed by atoms with van der Waals surface area (Å²) in [5.74, 6) is 0.372. The minimum Gasteiger partial charge on any atom is -0.489 e. The molecule has 2 aromatic rings. The monoisotopic (exact) mass is 381 g/mol. The number of benzene rings is 2. The fraction of sp³-hybridized carbons (Fsp3) is 0.273. The van der Waals surface area contributed by atoms with Crippen molar-refractivity contribution in [2.45, 2.75) is 26.8 Å². The summed E-state index contributed by atoms with van der Waals surface area (Å²) in [6.45, 7) is 10.1. The van der Waals surface area contributed by atoms with Crippen LogP contribution in [0.4, 0.5) is 11.4 Å². The summed E-state index contributed by atoms with van der Waals surface area (Å²) >= 11 is 0. The Morgan fingerprint density at radius 2 is 1.79 bits per heavy atom. The quantitative estimate of drug-likeness (QED) is 0.577. The van der Waals surface area contributed by atoms with Crippen molar-refractivity contribution in [2.75, 3.05) is 23.8 Å². The Kier molecular flexibility index (Phi) is 7.63. The zero-order valence-corrected chi connectivity index (χ0v) is 16.5. The number of hydrogen-bond acceptors (Lipinski definition) is 4. The average molecular weight is 381 g/mol. The van der Waals surface area contributed by atoms with Gasteiger partial charge in [-0.1, -0.05) is 12.6 Å². The van der Waals surface area contributed by atoms with Crippen LogP contribution in [0.3, 0.4) is 0 Å². The SMILES string of the molecule is C=C(C)COc1ccc(NCC(=O)Nc2cccc(C(=O)NC(C)C)c2)cc1. The number of carbonyl (C=O) groups is 2. The number of rotatable bonds is 9. The van der Waals surface area contributed by atoms with Crippen LogP contribution in [0.1, 0.15) is 31.1 Å². The molecule has 148 valence electrons. The third kappa shape index (κ3) is 7.15. The summed E-state index contributed by atoms with van der Waals surface area (Å²) in [6, 6.07) is 14.3. The van der Waals surface area contributed by atoms with E-state index in [-0.39, 0.29) is 24.4 Å². The van der Waals surface area contributed by atoms with Gasteiger partial charge in [-0.05, 0) is 68.8 Å². The molecule has 0 saturated heterocycles. The highest BCUT2D eigenvalue weighted by atomic mass is 16.5. The van der Waals surface area contributed by atoms with E-state index in [1.807, 2.05) is 45.0 Å². The molecule has 0 fully saturated rings. The molecule has 2 amide bonds. The van der Waals surface area contributed by atoms with Gasteiger partial charge in [0.2, 0.25) is 5.91 Å². The number of amides is 2. The van der Waals surface area contributed by atoms with Crippen LogP contribution in [-0.2, 0) is 4.79 Å². The maximum atomic E-state index is 12.2. The summed E-state index contributed by atoms with van der Waals surface area (Å²) in [5, 5.41) is 8.67. The van der Waals surface area contributed by atoms with E-state index < -0.39 is 0 Å². The largest absolute Gasteiger partial charge is 0.489 e. The molecule has 3 N–H and O–H groups in total. The van der Waals surface area contributed by atoms with E-state index >= 15 is 0 Å². The molecule has 6 heteroatoms. The Morgan fingerprint density at radius 3 is 2.43 bits per heavy atom. The molecule has 0 aromatic heterocycles. The Balaban J connectivity index is 1.85. The third-order valence-corrected chi connectivity index (χ3v) is 3.62. The van der Waals surface area contributed by atoms with E-state index in [0.717, 1.165) is 17.0 Å². The average Bonchev–Trinajstić information content (AvgIpc) is 2.65. The van der Waals surface area contributed by atoms with Gasteiger partial charge in [0.05, 0.1) is 6.54 Å². The molecule has 28 heavy (non-hydrogen) atoms. The van der Waals surface area contributed by atoms with Crippen molar-refractivity contribution in [3.63, 3.8) is 0 Å². The molecule has 2 rings (SSSR count). The van der Waals surface area contributed by atoms with Gasteiger partial charge in [0.1, 0.15) is 12.4 Å². The van der Waals surface area contributed by atoms with Crippen molar-refractivity contribution in [2.24, 2.45) is 0 Å². The van der Waals surface area contributed by atoms with E-state index in [0.29, 0.717) is 17.9 Å². The lowest BCUT2D eigenvalue weighted by Crippen LogP contribution is -2.30. The topological polar surface area (TPSA) is 79.5 Å². The maximum Gasteiger partial charge on any atom is 0.251 e. The maximum absolute atomic E-state index is 12.2. The number of hydrogen-bond donors (Lipinski definition) is 3. The molecule has 0 unspecified atom stereocenters.